The molecule has 178 valence electrons. The third kappa shape index (κ3) is 4.21. The first-order chi connectivity index (χ1) is 16.4. The Hall–Kier alpha value is -3.18. The molecule has 0 aromatic carbocycles. The molecule has 1 unspecified atom stereocenters. The van der Waals surface area contributed by atoms with E-state index in [4.69, 9.17) is 9.72 Å². The number of carboxylic acid groups (broad SMARTS) is 1. The summed E-state index contributed by atoms with van der Waals surface area (Å²) in [5.74, 6) is -0.456. The lowest BCUT2D eigenvalue weighted by Crippen LogP contribution is -2.51. The van der Waals surface area contributed by atoms with Gasteiger partial charge in [0.05, 0.1) is 17.4 Å². The second kappa shape index (κ2) is 9.22. The molecule has 0 bridgehead atoms. The van der Waals surface area contributed by atoms with Crippen LogP contribution in [-0.2, 0) is 9.53 Å². The quantitative estimate of drug-likeness (QED) is 0.539. The zero-order valence-corrected chi connectivity index (χ0v) is 19.6. The second-order valence-electron chi connectivity index (χ2n) is 8.86. The van der Waals surface area contributed by atoms with Crippen LogP contribution in [0.3, 0.4) is 0 Å². The van der Waals surface area contributed by atoms with Gasteiger partial charge >= 0.3 is 5.97 Å². The minimum Gasteiger partial charge on any atom is -0.477 e. The lowest BCUT2D eigenvalue weighted by molar-refractivity contribution is -0.124. The van der Waals surface area contributed by atoms with Crippen molar-refractivity contribution in [3.8, 4) is 5.13 Å². The number of hydrogen-bond donors (Lipinski definition) is 1. The summed E-state index contributed by atoms with van der Waals surface area (Å²) in [6.45, 7) is 3.69. The molecule has 11 heteroatoms. The largest absolute Gasteiger partial charge is 0.477 e. The molecule has 5 rings (SSSR count). The van der Waals surface area contributed by atoms with Gasteiger partial charge in [-0.25, -0.2) is 14.8 Å². The van der Waals surface area contributed by atoms with Crippen molar-refractivity contribution in [1.82, 2.24) is 18.9 Å². The molecule has 2 aliphatic heterocycles. The summed E-state index contributed by atoms with van der Waals surface area (Å²) in [6.07, 6.45) is 7.43. The summed E-state index contributed by atoms with van der Waals surface area (Å²) in [6, 6.07) is 1.77. The van der Waals surface area contributed by atoms with Gasteiger partial charge in [-0.3, -0.25) is 14.2 Å². The smallest absolute Gasteiger partial charge is 0.341 e. The number of Topliss-reactive ketones (excluding diaryl/α,β-unsaturated/α-hetero) is 1. The molecule has 3 aromatic heterocycles. The van der Waals surface area contributed by atoms with Gasteiger partial charge in [-0.15, -0.1) is 0 Å². The van der Waals surface area contributed by atoms with E-state index in [1.165, 1.54) is 23.5 Å². The maximum Gasteiger partial charge on any atom is 0.341 e. The first-order valence-corrected chi connectivity index (χ1v) is 12.2. The molecule has 0 radical (unpaired) electrons. The van der Waals surface area contributed by atoms with Gasteiger partial charge in [-0.1, -0.05) is 0 Å². The van der Waals surface area contributed by atoms with E-state index in [0.29, 0.717) is 41.7 Å². The summed E-state index contributed by atoms with van der Waals surface area (Å²) in [4.78, 5) is 48.1. The maximum atomic E-state index is 12.9. The fourth-order valence-corrected chi connectivity index (χ4v) is 5.13. The summed E-state index contributed by atoms with van der Waals surface area (Å²) in [5.41, 5.74) is 0.0138. The molecule has 10 nitrogen and oxygen atoms in total. The zero-order chi connectivity index (χ0) is 23.8. The molecule has 1 atom stereocenters. The third-order valence-corrected chi connectivity index (χ3v) is 7.24. The second-order valence-corrected chi connectivity index (χ2v) is 9.62. The molecule has 0 saturated carbocycles. The predicted octanol–water partition coefficient (Wildman–Crippen LogP) is 2.60. The SMILES string of the molecule is Cc1cc(N2CC(C(=O)CCC3CCCCO3)C2)nc2c1c(=O)c(C(=O)O)cn2-c1ncns1. The van der Waals surface area contributed by atoms with Gasteiger partial charge in [0.1, 0.15) is 23.5 Å². The van der Waals surface area contributed by atoms with Gasteiger partial charge in [0.25, 0.3) is 0 Å². The number of aryl methyl sites for hydroxylation is 1. The van der Waals surface area contributed by atoms with Crippen molar-refractivity contribution in [2.75, 3.05) is 24.6 Å². The Bertz CT molecular complexity index is 1290. The Labute approximate surface area is 199 Å². The summed E-state index contributed by atoms with van der Waals surface area (Å²) in [5, 5.41) is 10.2. The molecule has 0 amide bonds. The number of carboxylic acids is 1. The standard InChI is InChI=1S/C23H25N5O5S/c1-13-8-18(27-9-14(10-27)17(29)6-5-15-4-2-3-7-33-15)26-21-19(13)20(30)16(22(31)32)11-28(21)23-24-12-25-34-23/h8,11-12,14-15H,2-7,9-10H2,1H3,(H,31,32). The molecule has 5 heterocycles. The molecular formula is C23H25N5O5S. The molecule has 0 aliphatic carbocycles. The topological polar surface area (TPSA) is 128 Å². The van der Waals surface area contributed by atoms with Crippen molar-refractivity contribution in [3.05, 3.63) is 39.9 Å². The highest BCUT2D eigenvalue weighted by Gasteiger charge is 2.34. The van der Waals surface area contributed by atoms with Crippen molar-refractivity contribution in [2.45, 2.75) is 45.1 Å². The van der Waals surface area contributed by atoms with Gasteiger partial charge in [-0.05, 0) is 44.2 Å². The maximum absolute atomic E-state index is 12.9. The number of pyridine rings is 2. The van der Waals surface area contributed by atoms with Crippen LogP contribution in [0, 0.1) is 12.8 Å². The van der Waals surface area contributed by atoms with E-state index in [9.17, 15) is 19.5 Å². The first-order valence-electron chi connectivity index (χ1n) is 11.4. The van der Waals surface area contributed by atoms with E-state index in [0.717, 1.165) is 37.4 Å². The van der Waals surface area contributed by atoms with E-state index in [1.54, 1.807) is 13.0 Å². The Balaban J connectivity index is 1.38. The highest BCUT2D eigenvalue weighted by Crippen LogP contribution is 2.29. The van der Waals surface area contributed by atoms with Crippen LogP contribution in [0.15, 0.2) is 23.4 Å². The Morgan fingerprint density at radius 2 is 2.12 bits per heavy atom. The summed E-state index contributed by atoms with van der Waals surface area (Å²) >= 11 is 1.08. The van der Waals surface area contributed by atoms with Crippen LogP contribution in [0.25, 0.3) is 16.2 Å². The fourth-order valence-electron chi connectivity index (χ4n) is 4.62. The lowest BCUT2D eigenvalue weighted by atomic mass is 9.90. The predicted molar refractivity (Wildman–Crippen MR) is 126 cm³/mol. The average Bonchev–Trinajstić information content (AvgIpc) is 3.32. The minimum atomic E-state index is -1.31. The molecule has 2 aliphatic rings. The molecule has 1 N–H and O–H groups in total. The van der Waals surface area contributed by atoms with Crippen molar-refractivity contribution < 1.29 is 19.4 Å². The van der Waals surface area contributed by atoms with Gasteiger partial charge in [-0.2, -0.15) is 4.37 Å². The van der Waals surface area contributed by atoms with Crippen LogP contribution < -0.4 is 10.3 Å². The number of aromatic carboxylic acids is 1. The summed E-state index contributed by atoms with van der Waals surface area (Å²) in [7, 11) is 0. The number of hydrogen-bond acceptors (Lipinski definition) is 9. The van der Waals surface area contributed by atoms with E-state index in [1.807, 2.05) is 4.90 Å². The number of ether oxygens (including phenoxy) is 1. The van der Waals surface area contributed by atoms with Crippen LogP contribution in [0.4, 0.5) is 5.82 Å². The zero-order valence-electron chi connectivity index (χ0n) is 18.8. The van der Waals surface area contributed by atoms with E-state index in [-0.39, 0.29) is 28.8 Å². The van der Waals surface area contributed by atoms with E-state index >= 15 is 0 Å². The molecular weight excluding hydrogens is 458 g/mol. The number of rotatable bonds is 7. The van der Waals surface area contributed by atoms with Crippen LogP contribution in [0.1, 0.15) is 48.0 Å². The Morgan fingerprint density at radius 1 is 1.29 bits per heavy atom. The number of fused-ring (bicyclic) bond motifs is 1. The van der Waals surface area contributed by atoms with Crippen LogP contribution >= 0.6 is 11.5 Å². The first kappa shape index (κ1) is 22.6. The Kier molecular flexibility index (Phi) is 6.13. The van der Waals surface area contributed by atoms with Crippen molar-refractivity contribution >= 4 is 40.1 Å². The van der Waals surface area contributed by atoms with Gasteiger partial charge in [0.2, 0.25) is 10.6 Å². The number of carbonyl (C=O) groups is 2. The van der Waals surface area contributed by atoms with Crippen LogP contribution in [0.2, 0.25) is 0 Å². The van der Waals surface area contributed by atoms with Gasteiger partial charge < -0.3 is 14.7 Å². The average molecular weight is 484 g/mol. The number of nitrogens with zero attached hydrogens (tertiary/aromatic N) is 5. The molecule has 2 fully saturated rings. The molecule has 34 heavy (non-hydrogen) atoms. The number of anilines is 1. The molecule has 3 aromatic rings. The summed E-state index contributed by atoms with van der Waals surface area (Å²) < 4.78 is 11.2. The third-order valence-electron chi connectivity index (χ3n) is 6.58. The van der Waals surface area contributed by atoms with Crippen molar-refractivity contribution in [1.29, 1.82) is 0 Å². The number of aromatic nitrogens is 4. The van der Waals surface area contributed by atoms with E-state index in [2.05, 4.69) is 9.36 Å². The fraction of sp³-hybridized carbons (Fsp3) is 0.478. The normalized spacial score (nSPS) is 18.7. The molecule has 0 spiro atoms. The van der Waals surface area contributed by atoms with Crippen molar-refractivity contribution in [2.24, 2.45) is 5.92 Å². The van der Waals surface area contributed by atoms with Gasteiger partial charge in [0, 0.05) is 43.8 Å². The highest BCUT2D eigenvalue weighted by molar-refractivity contribution is 7.08. The van der Waals surface area contributed by atoms with Crippen LogP contribution in [0.5, 0.6) is 0 Å². The molecule has 2 saturated heterocycles. The monoisotopic (exact) mass is 483 g/mol. The van der Waals surface area contributed by atoms with Crippen molar-refractivity contribution in [3.63, 3.8) is 0 Å². The minimum absolute atomic E-state index is 0.0406. The lowest BCUT2D eigenvalue weighted by Gasteiger charge is -2.39. The number of carbonyl (C=O) groups excluding carboxylic acids is 1. The van der Waals surface area contributed by atoms with E-state index < -0.39 is 11.4 Å². The Morgan fingerprint density at radius 3 is 2.79 bits per heavy atom. The number of ketones is 1. The van der Waals surface area contributed by atoms with Gasteiger partial charge in [0.15, 0.2) is 5.65 Å². The highest BCUT2D eigenvalue weighted by atomic mass is 32.1. The van der Waals surface area contributed by atoms with Crippen LogP contribution in [-0.4, -0.2) is 61.6 Å².